The molecule has 0 saturated carbocycles. The number of esters is 1. The van der Waals surface area contributed by atoms with E-state index < -0.39 is 24.0 Å². The lowest BCUT2D eigenvalue weighted by Crippen LogP contribution is -2.25. The van der Waals surface area contributed by atoms with E-state index in [0.29, 0.717) is 0 Å². The van der Waals surface area contributed by atoms with Crippen molar-refractivity contribution in [2.24, 2.45) is 5.41 Å². The normalized spacial score (nSPS) is 10.8. The summed E-state index contributed by atoms with van der Waals surface area (Å²) in [5.74, 6) is -1.93. The van der Waals surface area contributed by atoms with Crippen LogP contribution in [0.3, 0.4) is 0 Å². The standard InChI is InChI=1S/C7H11O4/c1-7(2,3)6(10)11-4-5(8)9/h4H2,1-3H3. The molecule has 0 aliphatic rings. The second-order valence-corrected chi connectivity index (χ2v) is 3.20. The Morgan fingerprint density at radius 2 is 1.73 bits per heavy atom. The van der Waals surface area contributed by atoms with Gasteiger partial charge in [0, 0.05) is 0 Å². The molecule has 0 atom stereocenters. The van der Waals surface area contributed by atoms with Gasteiger partial charge in [0.1, 0.15) is 0 Å². The van der Waals surface area contributed by atoms with Gasteiger partial charge >= 0.3 is 11.9 Å². The highest BCUT2D eigenvalue weighted by Crippen LogP contribution is 2.14. The average Bonchev–Trinajstić information content (AvgIpc) is 1.80. The molecule has 0 aromatic rings. The topological polar surface area (TPSA) is 63.3 Å². The lowest BCUT2D eigenvalue weighted by Gasteiger charge is -2.14. The largest absolute Gasteiger partial charge is 0.453 e. The molecule has 0 fully saturated rings. The molecule has 63 valence electrons. The predicted octanol–water partition coefficient (Wildman–Crippen LogP) is 0.533. The van der Waals surface area contributed by atoms with Crippen molar-refractivity contribution in [2.45, 2.75) is 20.8 Å². The molecule has 0 aliphatic heterocycles. The van der Waals surface area contributed by atoms with Crippen LogP contribution in [0.1, 0.15) is 20.8 Å². The maximum atomic E-state index is 10.9. The Bertz CT molecular complexity index is 166. The Labute approximate surface area is 65.2 Å². The summed E-state index contributed by atoms with van der Waals surface area (Å²) in [4.78, 5) is 20.7. The number of ether oxygens (including phenoxy) is 1. The molecule has 0 unspecified atom stereocenters. The zero-order valence-electron chi connectivity index (χ0n) is 6.84. The van der Waals surface area contributed by atoms with Crippen molar-refractivity contribution in [3.63, 3.8) is 0 Å². The van der Waals surface area contributed by atoms with E-state index in [1.807, 2.05) is 0 Å². The van der Waals surface area contributed by atoms with Gasteiger partial charge in [0.05, 0.1) is 5.41 Å². The van der Waals surface area contributed by atoms with Crippen LogP contribution in [-0.2, 0) is 19.4 Å². The Morgan fingerprint density at radius 1 is 1.27 bits per heavy atom. The third kappa shape index (κ3) is 4.36. The minimum atomic E-state index is -1.39. The van der Waals surface area contributed by atoms with Crippen molar-refractivity contribution in [1.29, 1.82) is 0 Å². The molecule has 0 aliphatic carbocycles. The van der Waals surface area contributed by atoms with E-state index in [1.165, 1.54) is 0 Å². The Morgan fingerprint density at radius 3 is 2.00 bits per heavy atom. The first-order chi connectivity index (χ1) is 4.84. The van der Waals surface area contributed by atoms with E-state index in [0.717, 1.165) is 0 Å². The van der Waals surface area contributed by atoms with Crippen LogP contribution in [0.4, 0.5) is 0 Å². The molecule has 4 nitrogen and oxygen atoms in total. The molecule has 0 rings (SSSR count). The number of rotatable bonds is 2. The third-order valence-electron chi connectivity index (χ3n) is 0.933. The van der Waals surface area contributed by atoms with Crippen molar-refractivity contribution >= 4 is 11.9 Å². The third-order valence-corrected chi connectivity index (χ3v) is 0.933. The monoisotopic (exact) mass is 159 g/mol. The van der Waals surface area contributed by atoms with Crippen molar-refractivity contribution in [3.8, 4) is 0 Å². The van der Waals surface area contributed by atoms with E-state index in [9.17, 15) is 14.7 Å². The highest BCUT2D eigenvalue weighted by molar-refractivity contribution is 5.78. The molecule has 0 aromatic carbocycles. The number of carbonyl (C=O) groups is 2. The molecular weight excluding hydrogens is 148 g/mol. The van der Waals surface area contributed by atoms with Crippen molar-refractivity contribution in [2.75, 3.05) is 6.61 Å². The first-order valence-electron chi connectivity index (χ1n) is 3.21. The van der Waals surface area contributed by atoms with Gasteiger partial charge in [-0.25, -0.2) is 9.90 Å². The zero-order chi connectivity index (χ0) is 9.07. The summed E-state index contributed by atoms with van der Waals surface area (Å²) in [5.41, 5.74) is -0.657. The van der Waals surface area contributed by atoms with Crippen LogP contribution >= 0.6 is 0 Å². The number of hydrogen-bond acceptors (Lipinski definition) is 3. The van der Waals surface area contributed by atoms with Crippen molar-refractivity contribution in [3.05, 3.63) is 0 Å². The molecule has 11 heavy (non-hydrogen) atoms. The van der Waals surface area contributed by atoms with Crippen LogP contribution in [-0.4, -0.2) is 18.5 Å². The highest BCUT2D eigenvalue weighted by Gasteiger charge is 2.23. The maximum Gasteiger partial charge on any atom is 0.392 e. The number of hydrogen-bond donors (Lipinski definition) is 0. The van der Waals surface area contributed by atoms with Crippen LogP contribution < -0.4 is 0 Å². The van der Waals surface area contributed by atoms with Gasteiger partial charge in [0.25, 0.3) is 0 Å². The lowest BCUT2D eigenvalue weighted by molar-refractivity contribution is -0.163. The Kier molecular flexibility index (Phi) is 3.04. The van der Waals surface area contributed by atoms with Gasteiger partial charge in [0.2, 0.25) is 0 Å². The Balaban J connectivity index is 3.80. The van der Waals surface area contributed by atoms with E-state index in [1.54, 1.807) is 20.8 Å². The lowest BCUT2D eigenvalue weighted by atomic mass is 9.97. The second kappa shape index (κ2) is 3.37. The minimum absolute atomic E-state index is 0.540. The van der Waals surface area contributed by atoms with Crippen LogP contribution in [0, 0.1) is 5.41 Å². The van der Waals surface area contributed by atoms with E-state index in [4.69, 9.17) is 0 Å². The fourth-order valence-corrected chi connectivity index (χ4v) is 0.341. The van der Waals surface area contributed by atoms with E-state index in [-0.39, 0.29) is 0 Å². The average molecular weight is 159 g/mol. The summed E-state index contributed by atoms with van der Waals surface area (Å²) in [6, 6.07) is 0. The first kappa shape index (κ1) is 9.94. The smallest absolute Gasteiger partial charge is 0.392 e. The van der Waals surface area contributed by atoms with Gasteiger partial charge in [-0.2, -0.15) is 0 Å². The molecule has 0 amide bonds. The van der Waals surface area contributed by atoms with Gasteiger partial charge in [-0.05, 0) is 20.8 Å². The van der Waals surface area contributed by atoms with Crippen LogP contribution in [0.5, 0.6) is 0 Å². The van der Waals surface area contributed by atoms with Gasteiger partial charge in [-0.3, -0.25) is 4.79 Å². The molecule has 0 bridgehead atoms. The summed E-state index contributed by atoms with van der Waals surface area (Å²) in [5, 5.41) is 9.84. The highest BCUT2D eigenvalue weighted by atomic mass is 16.6. The van der Waals surface area contributed by atoms with Crippen molar-refractivity contribution < 1.29 is 19.4 Å². The molecule has 0 N–H and O–H groups in total. The summed E-state index contributed by atoms with van der Waals surface area (Å²) >= 11 is 0. The SMILES string of the molecule is CC(C)(C)C(=O)OCC([O])=O. The van der Waals surface area contributed by atoms with Crippen LogP contribution in [0.15, 0.2) is 0 Å². The maximum absolute atomic E-state index is 10.9. The van der Waals surface area contributed by atoms with E-state index >= 15 is 0 Å². The molecule has 0 spiro atoms. The molecule has 1 radical (unpaired) electrons. The number of carbonyl (C=O) groups excluding carboxylic acids is 2. The summed E-state index contributed by atoms with van der Waals surface area (Å²) < 4.78 is 4.37. The summed E-state index contributed by atoms with van der Waals surface area (Å²) in [7, 11) is 0. The fraction of sp³-hybridized carbons (Fsp3) is 0.714. The summed E-state index contributed by atoms with van der Waals surface area (Å²) in [6.45, 7) is 4.26. The van der Waals surface area contributed by atoms with Crippen LogP contribution in [0.25, 0.3) is 0 Å². The molecule has 0 heterocycles. The van der Waals surface area contributed by atoms with Gasteiger partial charge in [0.15, 0.2) is 6.61 Å². The summed E-state index contributed by atoms with van der Waals surface area (Å²) in [6.07, 6.45) is 0. The first-order valence-corrected chi connectivity index (χ1v) is 3.21. The van der Waals surface area contributed by atoms with Gasteiger partial charge in [-0.15, -0.1) is 0 Å². The minimum Gasteiger partial charge on any atom is -0.453 e. The Hall–Kier alpha value is -1.06. The fourth-order valence-electron chi connectivity index (χ4n) is 0.341. The molecular formula is C7H11O4. The molecule has 0 aromatic heterocycles. The molecule has 0 saturated heterocycles. The predicted molar refractivity (Wildman–Crippen MR) is 36.1 cm³/mol. The van der Waals surface area contributed by atoms with Crippen LogP contribution in [0.2, 0.25) is 0 Å². The second-order valence-electron chi connectivity index (χ2n) is 3.20. The van der Waals surface area contributed by atoms with Gasteiger partial charge < -0.3 is 4.74 Å². The van der Waals surface area contributed by atoms with Gasteiger partial charge in [-0.1, -0.05) is 0 Å². The van der Waals surface area contributed by atoms with E-state index in [2.05, 4.69) is 4.74 Å². The van der Waals surface area contributed by atoms with Crippen molar-refractivity contribution in [1.82, 2.24) is 0 Å². The quantitative estimate of drug-likeness (QED) is 0.552. The zero-order valence-corrected chi connectivity index (χ0v) is 6.84. The molecule has 4 heteroatoms.